The number of hydrogen-bond donors (Lipinski definition) is 0. The van der Waals surface area contributed by atoms with Crippen molar-refractivity contribution < 1.29 is 4.39 Å². The molecule has 0 heterocycles. The third-order valence-electron chi connectivity index (χ3n) is 4.00. The lowest BCUT2D eigenvalue weighted by molar-refractivity contribution is 0.617. The van der Waals surface area contributed by atoms with Gasteiger partial charge in [-0.25, -0.2) is 4.39 Å². The second kappa shape index (κ2) is 12.5. The Morgan fingerprint density at radius 3 is 2.11 bits per heavy atom. The van der Waals surface area contributed by atoms with Crippen LogP contribution in [-0.4, -0.2) is 0 Å². The zero-order valence-electron chi connectivity index (χ0n) is 17.5. The van der Waals surface area contributed by atoms with E-state index >= 15 is 0 Å². The van der Waals surface area contributed by atoms with E-state index < -0.39 is 0 Å². The van der Waals surface area contributed by atoms with Gasteiger partial charge in [0.2, 0.25) is 0 Å². The number of aryl methyl sites for hydroxylation is 2. The molecule has 0 aromatic heterocycles. The van der Waals surface area contributed by atoms with Crippen molar-refractivity contribution >= 4 is 0 Å². The fraction of sp³-hybridized carbons (Fsp3) is 0.231. The first-order valence-electron chi connectivity index (χ1n) is 8.87. The molecular weight excluding hydrogens is 331 g/mol. The van der Waals surface area contributed by atoms with E-state index in [0.717, 1.165) is 33.4 Å². The van der Waals surface area contributed by atoms with Crippen LogP contribution in [0, 0.1) is 32.0 Å². The summed E-state index contributed by atoms with van der Waals surface area (Å²) in [5, 5.41) is 0. The highest BCUT2D eigenvalue weighted by Gasteiger charge is 2.00. The number of terminal acetylenes is 1. The fourth-order valence-corrected chi connectivity index (χ4v) is 1.84. The first-order valence-corrected chi connectivity index (χ1v) is 8.87. The molecule has 0 radical (unpaired) electrons. The molecule has 0 spiro atoms. The number of rotatable bonds is 5. The van der Waals surface area contributed by atoms with Crippen molar-refractivity contribution in [1.29, 1.82) is 0 Å². The molecule has 1 heteroatoms. The van der Waals surface area contributed by atoms with Crippen molar-refractivity contribution in [3.05, 3.63) is 107 Å². The van der Waals surface area contributed by atoms with E-state index in [2.05, 4.69) is 19.1 Å². The van der Waals surface area contributed by atoms with Gasteiger partial charge in [0, 0.05) is 5.57 Å². The molecule has 0 bridgehead atoms. The van der Waals surface area contributed by atoms with Crippen LogP contribution in [0.2, 0.25) is 0 Å². The molecule has 0 unspecified atom stereocenters. The van der Waals surface area contributed by atoms with Crippen LogP contribution in [-0.2, 0) is 0 Å². The van der Waals surface area contributed by atoms with Gasteiger partial charge in [0.25, 0.3) is 0 Å². The lowest BCUT2D eigenvalue weighted by atomic mass is 9.99. The third-order valence-corrected chi connectivity index (χ3v) is 4.00. The molecule has 0 saturated heterocycles. The molecular formula is C26H31F. The van der Waals surface area contributed by atoms with Gasteiger partial charge in [-0.15, -0.1) is 6.42 Å². The lowest BCUT2D eigenvalue weighted by Crippen LogP contribution is -1.87. The van der Waals surface area contributed by atoms with Gasteiger partial charge in [-0.3, -0.25) is 0 Å². The van der Waals surface area contributed by atoms with Gasteiger partial charge in [0.05, 0.1) is 0 Å². The van der Waals surface area contributed by atoms with Gasteiger partial charge in [0.1, 0.15) is 5.82 Å². The quantitative estimate of drug-likeness (QED) is 0.374. The summed E-state index contributed by atoms with van der Waals surface area (Å²) in [7, 11) is 0. The standard InChI is InChI=1S/C18H22.C8H9F/c1-8-10-11-16(6)17(7)18(9-2)13-12-15(5)14(3)4;1-6-3-4-7(2)8(9)5-6/h2,8,10-13H,3,7H2,1,4-6H3;3-5H,1-2H3/b10-8-,15-12+,16-11-,18-13+;. The van der Waals surface area contributed by atoms with E-state index in [4.69, 9.17) is 6.42 Å². The first-order chi connectivity index (χ1) is 12.6. The topological polar surface area (TPSA) is 0 Å². The summed E-state index contributed by atoms with van der Waals surface area (Å²) in [5.41, 5.74) is 6.58. The van der Waals surface area contributed by atoms with Gasteiger partial charge < -0.3 is 0 Å². The average molecular weight is 363 g/mol. The third kappa shape index (κ3) is 9.42. The predicted octanol–water partition coefficient (Wildman–Crippen LogP) is 7.59. The Bertz CT molecular complexity index is 833. The average Bonchev–Trinajstić information content (AvgIpc) is 2.63. The minimum Gasteiger partial charge on any atom is -0.207 e. The van der Waals surface area contributed by atoms with E-state index in [1.165, 1.54) is 6.07 Å². The normalized spacial score (nSPS) is 12.3. The summed E-state index contributed by atoms with van der Waals surface area (Å²) in [4.78, 5) is 0. The maximum Gasteiger partial charge on any atom is 0.126 e. The van der Waals surface area contributed by atoms with Crippen molar-refractivity contribution in [2.45, 2.75) is 41.5 Å². The van der Waals surface area contributed by atoms with Gasteiger partial charge in [-0.1, -0.05) is 61.1 Å². The highest BCUT2D eigenvalue weighted by atomic mass is 19.1. The molecule has 0 aliphatic carbocycles. The number of halogens is 1. The van der Waals surface area contributed by atoms with E-state index in [-0.39, 0.29) is 5.82 Å². The smallest absolute Gasteiger partial charge is 0.126 e. The van der Waals surface area contributed by atoms with Crippen LogP contribution in [0.4, 0.5) is 4.39 Å². The minimum absolute atomic E-state index is 0.116. The zero-order chi connectivity index (χ0) is 21.0. The molecule has 0 aliphatic heterocycles. The van der Waals surface area contributed by atoms with Crippen LogP contribution in [0.15, 0.2) is 89.6 Å². The number of allylic oxidation sites excluding steroid dienone is 10. The highest BCUT2D eigenvalue weighted by Crippen LogP contribution is 2.17. The number of hydrogen-bond acceptors (Lipinski definition) is 0. The highest BCUT2D eigenvalue weighted by molar-refractivity contribution is 5.54. The zero-order valence-corrected chi connectivity index (χ0v) is 17.5. The molecule has 1 aromatic rings. The molecule has 1 rings (SSSR count). The molecule has 27 heavy (non-hydrogen) atoms. The fourth-order valence-electron chi connectivity index (χ4n) is 1.84. The van der Waals surface area contributed by atoms with Crippen molar-refractivity contribution in [1.82, 2.24) is 0 Å². The monoisotopic (exact) mass is 362 g/mol. The maximum atomic E-state index is 12.6. The van der Waals surface area contributed by atoms with Crippen LogP contribution >= 0.6 is 0 Å². The summed E-state index contributed by atoms with van der Waals surface area (Å²) in [6.45, 7) is 19.5. The molecule has 0 nitrogen and oxygen atoms in total. The first kappa shape index (κ1) is 24.2. The summed E-state index contributed by atoms with van der Waals surface area (Å²) in [6.07, 6.45) is 15.4. The van der Waals surface area contributed by atoms with Crippen molar-refractivity contribution in [2.75, 3.05) is 0 Å². The van der Waals surface area contributed by atoms with Gasteiger partial charge >= 0.3 is 0 Å². The summed E-state index contributed by atoms with van der Waals surface area (Å²) >= 11 is 0. The van der Waals surface area contributed by atoms with Crippen molar-refractivity contribution in [3.63, 3.8) is 0 Å². The van der Waals surface area contributed by atoms with E-state index in [0.29, 0.717) is 5.56 Å². The Morgan fingerprint density at radius 1 is 1.04 bits per heavy atom. The van der Waals surface area contributed by atoms with Crippen LogP contribution in [0.1, 0.15) is 38.8 Å². The van der Waals surface area contributed by atoms with Crippen LogP contribution in [0.3, 0.4) is 0 Å². The maximum absolute atomic E-state index is 12.6. The SMILES string of the molecule is C#C/C(=C\C=C(/C)C(=C)C)C(=C)/C(C)=C\C=C/C.Cc1ccc(C)c(F)c1. The summed E-state index contributed by atoms with van der Waals surface area (Å²) in [6, 6.07) is 5.22. The van der Waals surface area contributed by atoms with E-state index in [1.54, 1.807) is 13.0 Å². The van der Waals surface area contributed by atoms with Crippen molar-refractivity contribution in [2.24, 2.45) is 0 Å². The molecule has 1 aromatic carbocycles. The Labute approximate surface area is 165 Å². The van der Waals surface area contributed by atoms with Gasteiger partial charge in [-0.05, 0) is 81.5 Å². The summed E-state index contributed by atoms with van der Waals surface area (Å²) in [5.74, 6) is 2.56. The van der Waals surface area contributed by atoms with Crippen LogP contribution in [0.25, 0.3) is 0 Å². The van der Waals surface area contributed by atoms with Crippen LogP contribution < -0.4 is 0 Å². The van der Waals surface area contributed by atoms with Crippen molar-refractivity contribution in [3.8, 4) is 12.3 Å². The molecule has 0 N–H and O–H groups in total. The second-order valence-electron chi connectivity index (χ2n) is 6.46. The number of benzene rings is 1. The molecule has 142 valence electrons. The van der Waals surface area contributed by atoms with Crippen LogP contribution in [0.5, 0.6) is 0 Å². The van der Waals surface area contributed by atoms with E-state index in [1.807, 2.05) is 71.1 Å². The van der Waals surface area contributed by atoms with Gasteiger partial charge in [0.15, 0.2) is 0 Å². The van der Waals surface area contributed by atoms with E-state index in [9.17, 15) is 4.39 Å². The molecule has 0 atom stereocenters. The molecule has 0 fully saturated rings. The lowest BCUT2D eigenvalue weighted by Gasteiger charge is -2.05. The molecule has 0 saturated carbocycles. The minimum atomic E-state index is -0.116. The summed E-state index contributed by atoms with van der Waals surface area (Å²) < 4.78 is 12.6. The Morgan fingerprint density at radius 2 is 1.67 bits per heavy atom. The van der Waals surface area contributed by atoms with Gasteiger partial charge in [-0.2, -0.15) is 0 Å². The predicted molar refractivity (Wildman–Crippen MR) is 119 cm³/mol. The molecule has 0 aliphatic rings. The second-order valence-corrected chi connectivity index (χ2v) is 6.46. The molecule has 0 amide bonds. The Kier molecular flexibility index (Phi) is 11.2. The Hall–Kier alpha value is -2.85. The largest absolute Gasteiger partial charge is 0.207 e. The Balaban J connectivity index is 0.000000621.